The zero-order chi connectivity index (χ0) is 17.6. The third-order valence-electron chi connectivity index (χ3n) is 3.98. The molecule has 0 heterocycles. The van der Waals surface area contributed by atoms with Crippen molar-refractivity contribution in [3.63, 3.8) is 0 Å². The number of halogens is 2. The van der Waals surface area contributed by atoms with Crippen LogP contribution < -0.4 is 4.90 Å². The highest BCUT2D eigenvalue weighted by atomic mass is 79.9. The normalized spacial score (nSPS) is 10.5. The number of rotatable bonds is 6. The van der Waals surface area contributed by atoms with Gasteiger partial charge in [-0.15, -0.1) is 0 Å². The van der Waals surface area contributed by atoms with Crippen LogP contribution in [0.5, 0.6) is 0 Å². The van der Waals surface area contributed by atoms with Crippen LogP contribution in [0, 0.1) is 0 Å². The van der Waals surface area contributed by atoms with Crippen LogP contribution in [0.4, 0.5) is 5.69 Å². The molecule has 0 unspecified atom stereocenters. The zero-order valence-electron chi connectivity index (χ0n) is 13.5. The van der Waals surface area contributed by atoms with Crippen molar-refractivity contribution in [2.75, 3.05) is 4.90 Å². The second kappa shape index (κ2) is 8.32. The van der Waals surface area contributed by atoms with Crippen LogP contribution in [0.3, 0.4) is 0 Å². The summed E-state index contributed by atoms with van der Waals surface area (Å²) in [5, 5.41) is 0.450. The molecule has 0 bridgehead atoms. The fourth-order valence-corrected chi connectivity index (χ4v) is 3.63. The maximum atomic E-state index is 11.2. The molecule has 25 heavy (non-hydrogen) atoms. The van der Waals surface area contributed by atoms with E-state index in [1.807, 2.05) is 48.5 Å². The second-order valence-corrected chi connectivity index (χ2v) is 7.03. The van der Waals surface area contributed by atoms with Crippen molar-refractivity contribution < 1.29 is 4.79 Å². The van der Waals surface area contributed by atoms with Crippen LogP contribution in [0.2, 0.25) is 5.02 Å². The number of aldehydes is 1. The van der Waals surface area contributed by atoms with Crippen LogP contribution in [0.1, 0.15) is 21.5 Å². The number of hydrogen-bond donors (Lipinski definition) is 0. The number of carbonyl (C=O) groups is 1. The van der Waals surface area contributed by atoms with Gasteiger partial charge in [-0.3, -0.25) is 4.79 Å². The lowest BCUT2D eigenvalue weighted by Crippen LogP contribution is -2.22. The summed E-state index contributed by atoms with van der Waals surface area (Å²) >= 11 is 9.75. The molecule has 3 aromatic carbocycles. The molecule has 0 saturated carbocycles. The summed E-state index contributed by atoms with van der Waals surface area (Å²) in [5.41, 5.74) is 3.87. The number of anilines is 1. The molecule has 0 spiro atoms. The van der Waals surface area contributed by atoms with E-state index in [2.05, 4.69) is 45.1 Å². The molecule has 0 aromatic heterocycles. The van der Waals surface area contributed by atoms with E-state index >= 15 is 0 Å². The Morgan fingerprint density at radius 1 is 0.880 bits per heavy atom. The predicted octanol–water partition coefficient (Wildman–Crippen LogP) is 6.12. The molecular weight excluding hydrogens is 398 g/mol. The maximum Gasteiger partial charge on any atom is 0.152 e. The van der Waals surface area contributed by atoms with Crippen molar-refractivity contribution in [2.24, 2.45) is 0 Å². The zero-order valence-corrected chi connectivity index (χ0v) is 15.9. The lowest BCUT2D eigenvalue weighted by molar-refractivity contribution is 0.112. The quantitative estimate of drug-likeness (QED) is 0.453. The predicted molar refractivity (Wildman–Crippen MR) is 107 cm³/mol. The summed E-state index contributed by atoms with van der Waals surface area (Å²) < 4.78 is 0.705. The minimum Gasteiger partial charge on any atom is -0.363 e. The molecule has 0 radical (unpaired) electrons. The number of nitrogens with zero attached hydrogens (tertiary/aromatic N) is 1. The third kappa shape index (κ3) is 4.50. The summed E-state index contributed by atoms with van der Waals surface area (Å²) in [7, 11) is 0. The highest BCUT2D eigenvalue weighted by molar-refractivity contribution is 9.10. The van der Waals surface area contributed by atoms with Crippen molar-refractivity contribution in [1.82, 2.24) is 0 Å². The van der Waals surface area contributed by atoms with E-state index in [0.29, 0.717) is 15.1 Å². The largest absolute Gasteiger partial charge is 0.363 e. The minimum absolute atomic E-state index is 0.450. The SMILES string of the molecule is O=Cc1c(Cl)cc(N(Cc2ccccc2)Cc2ccccc2)cc1Br. The highest BCUT2D eigenvalue weighted by Gasteiger charge is 2.13. The summed E-state index contributed by atoms with van der Waals surface area (Å²) in [6.45, 7) is 1.50. The van der Waals surface area contributed by atoms with Gasteiger partial charge in [0.15, 0.2) is 6.29 Å². The van der Waals surface area contributed by atoms with E-state index in [4.69, 9.17) is 11.6 Å². The van der Waals surface area contributed by atoms with E-state index in [1.54, 1.807) is 0 Å². The van der Waals surface area contributed by atoms with Gasteiger partial charge in [-0.1, -0.05) is 72.3 Å². The maximum absolute atomic E-state index is 11.2. The molecule has 2 nitrogen and oxygen atoms in total. The monoisotopic (exact) mass is 413 g/mol. The van der Waals surface area contributed by atoms with Gasteiger partial charge in [0.05, 0.1) is 5.02 Å². The Hall–Kier alpha value is -2.10. The topological polar surface area (TPSA) is 20.3 Å². The fraction of sp³-hybridized carbons (Fsp3) is 0.0952. The van der Waals surface area contributed by atoms with Crippen molar-refractivity contribution >= 4 is 39.5 Å². The minimum atomic E-state index is 0.450. The van der Waals surface area contributed by atoms with Crippen LogP contribution in [-0.4, -0.2) is 6.29 Å². The summed E-state index contributed by atoms with van der Waals surface area (Å²) in [6.07, 6.45) is 0.773. The highest BCUT2D eigenvalue weighted by Crippen LogP contribution is 2.31. The Morgan fingerprint density at radius 2 is 1.40 bits per heavy atom. The first kappa shape index (κ1) is 17.7. The summed E-state index contributed by atoms with van der Waals surface area (Å²) in [6, 6.07) is 24.4. The molecule has 126 valence electrons. The van der Waals surface area contributed by atoms with Crippen molar-refractivity contribution in [3.05, 3.63) is 99.0 Å². The molecule has 3 rings (SSSR count). The van der Waals surface area contributed by atoms with E-state index in [-0.39, 0.29) is 0 Å². The van der Waals surface area contributed by atoms with E-state index in [0.717, 1.165) is 25.1 Å². The van der Waals surface area contributed by atoms with Crippen LogP contribution in [0.15, 0.2) is 77.3 Å². The lowest BCUT2D eigenvalue weighted by atomic mass is 10.1. The van der Waals surface area contributed by atoms with E-state index < -0.39 is 0 Å². The Kier molecular flexibility index (Phi) is 5.90. The molecular formula is C21H17BrClNO. The smallest absolute Gasteiger partial charge is 0.152 e. The summed E-state index contributed by atoms with van der Waals surface area (Å²) in [5.74, 6) is 0. The Labute approximate surface area is 161 Å². The Morgan fingerprint density at radius 3 is 1.84 bits per heavy atom. The fourth-order valence-electron chi connectivity index (χ4n) is 2.71. The molecule has 0 atom stereocenters. The lowest BCUT2D eigenvalue weighted by Gasteiger charge is -2.26. The van der Waals surface area contributed by atoms with E-state index in [9.17, 15) is 4.79 Å². The molecule has 0 aliphatic rings. The first-order valence-electron chi connectivity index (χ1n) is 7.94. The Bertz CT molecular complexity index is 788. The molecule has 3 aromatic rings. The van der Waals surface area contributed by atoms with Crippen molar-refractivity contribution in [1.29, 1.82) is 0 Å². The van der Waals surface area contributed by atoms with Crippen LogP contribution in [0.25, 0.3) is 0 Å². The average Bonchev–Trinajstić information content (AvgIpc) is 2.63. The van der Waals surface area contributed by atoms with Gasteiger partial charge in [0.2, 0.25) is 0 Å². The average molecular weight is 415 g/mol. The molecule has 4 heteroatoms. The number of carbonyl (C=O) groups excluding carboxylic acids is 1. The first-order chi connectivity index (χ1) is 12.2. The van der Waals surface area contributed by atoms with Crippen LogP contribution >= 0.6 is 27.5 Å². The van der Waals surface area contributed by atoms with Gasteiger partial charge in [0.1, 0.15) is 0 Å². The molecule has 0 saturated heterocycles. The third-order valence-corrected chi connectivity index (χ3v) is 4.95. The second-order valence-electron chi connectivity index (χ2n) is 5.77. The summed E-state index contributed by atoms with van der Waals surface area (Å²) in [4.78, 5) is 13.4. The van der Waals surface area contributed by atoms with Crippen molar-refractivity contribution in [3.8, 4) is 0 Å². The van der Waals surface area contributed by atoms with Crippen LogP contribution in [-0.2, 0) is 13.1 Å². The van der Waals surface area contributed by atoms with Gasteiger partial charge in [-0.05, 0) is 39.2 Å². The van der Waals surface area contributed by atoms with Gasteiger partial charge in [-0.2, -0.15) is 0 Å². The standard InChI is InChI=1S/C21H17BrClNO/c22-20-11-18(12-21(23)19(20)15-25)24(13-16-7-3-1-4-8-16)14-17-9-5-2-6-10-17/h1-12,15H,13-14H2. The van der Waals surface area contributed by atoms with Crippen molar-refractivity contribution in [2.45, 2.75) is 13.1 Å². The molecule has 0 aliphatic heterocycles. The first-order valence-corrected chi connectivity index (χ1v) is 9.11. The molecule has 0 N–H and O–H groups in total. The molecule has 0 fully saturated rings. The van der Waals surface area contributed by atoms with Gasteiger partial charge in [0, 0.05) is 28.8 Å². The van der Waals surface area contributed by atoms with Gasteiger partial charge in [-0.25, -0.2) is 0 Å². The molecule has 0 amide bonds. The number of benzene rings is 3. The Balaban J connectivity index is 1.97. The van der Waals surface area contributed by atoms with Gasteiger partial charge < -0.3 is 4.90 Å². The van der Waals surface area contributed by atoms with Gasteiger partial charge >= 0.3 is 0 Å². The number of hydrogen-bond acceptors (Lipinski definition) is 2. The molecule has 0 aliphatic carbocycles. The van der Waals surface area contributed by atoms with Gasteiger partial charge in [0.25, 0.3) is 0 Å². The van der Waals surface area contributed by atoms with E-state index in [1.165, 1.54) is 11.1 Å².